The number of benzene rings is 2. The van der Waals surface area contributed by atoms with Crippen molar-refractivity contribution in [2.24, 2.45) is 0 Å². The van der Waals surface area contributed by atoms with Gasteiger partial charge in [-0.15, -0.1) is 5.10 Å². The van der Waals surface area contributed by atoms with Crippen LogP contribution in [-0.4, -0.2) is 26.9 Å². The minimum Gasteiger partial charge on any atom is -0.492 e. The minimum atomic E-state index is 0.579. The molecule has 2 aromatic carbocycles. The first-order chi connectivity index (χ1) is 10.3. The monoisotopic (exact) mass is 345 g/mol. The van der Waals surface area contributed by atoms with Gasteiger partial charge in [0.25, 0.3) is 0 Å². The molecule has 0 saturated heterocycles. The lowest BCUT2D eigenvalue weighted by Gasteiger charge is -2.07. The molecule has 0 spiro atoms. The van der Waals surface area contributed by atoms with Crippen LogP contribution in [-0.2, 0) is 13.0 Å². The average Bonchev–Trinajstić information content (AvgIpc) is 2.95. The number of halogens is 1. The van der Waals surface area contributed by atoms with E-state index in [0.717, 1.165) is 23.2 Å². The molecule has 108 valence electrons. The Morgan fingerprint density at radius 1 is 1.10 bits per heavy atom. The third-order valence-electron chi connectivity index (χ3n) is 3.25. The molecule has 0 amide bonds. The Bertz CT molecular complexity index is 726. The van der Waals surface area contributed by atoms with Crippen LogP contribution in [0.3, 0.4) is 0 Å². The fourth-order valence-electron chi connectivity index (χ4n) is 2.17. The van der Waals surface area contributed by atoms with Crippen molar-refractivity contribution in [3.05, 3.63) is 54.4 Å². The average molecular weight is 346 g/mol. The molecule has 0 unspecified atom stereocenters. The number of hydrogen-bond donors (Lipinski definition) is 0. The molecule has 5 heteroatoms. The van der Waals surface area contributed by atoms with Crippen LogP contribution in [0.15, 0.2) is 48.7 Å². The van der Waals surface area contributed by atoms with E-state index < -0.39 is 0 Å². The summed E-state index contributed by atoms with van der Waals surface area (Å²) < 4.78 is 7.61. The highest BCUT2D eigenvalue weighted by Crippen LogP contribution is 2.20. The van der Waals surface area contributed by atoms with Gasteiger partial charge in [0, 0.05) is 17.9 Å². The summed E-state index contributed by atoms with van der Waals surface area (Å²) in [7, 11) is 0. The van der Waals surface area contributed by atoms with Gasteiger partial charge < -0.3 is 4.74 Å². The van der Waals surface area contributed by atoms with E-state index in [1.165, 1.54) is 10.8 Å². The Morgan fingerprint density at radius 2 is 1.95 bits per heavy atom. The molecule has 4 nitrogen and oxygen atoms in total. The lowest BCUT2D eigenvalue weighted by atomic mass is 10.1. The Kier molecular flexibility index (Phi) is 4.50. The molecular formula is C16H16BrN3O. The zero-order valence-corrected chi connectivity index (χ0v) is 13.2. The number of ether oxygens (including phenoxy) is 1. The van der Waals surface area contributed by atoms with Gasteiger partial charge in [-0.2, -0.15) is 0 Å². The fraction of sp³-hybridized carbons (Fsp3) is 0.250. The van der Waals surface area contributed by atoms with Gasteiger partial charge in [0.15, 0.2) is 0 Å². The Balaban J connectivity index is 1.58. The minimum absolute atomic E-state index is 0.579. The zero-order chi connectivity index (χ0) is 14.5. The SMILES string of the molecule is BrCCc1cn(CCOc2ccc3ccccc3c2)nn1. The van der Waals surface area contributed by atoms with Gasteiger partial charge >= 0.3 is 0 Å². The molecule has 0 aliphatic rings. The van der Waals surface area contributed by atoms with Crippen LogP contribution >= 0.6 is 15.9 Å². The molecule has 0 atom stereocenters. The lowest BCUT2D eigenvalue weighted by molar-refractivity contribution is 0.290. The van der Waals surface area contributed by atoms with Crippen LogP contribution in [0.1, 0.15) is 5.69 Å². The van der Waals surface area contributed by atoms with Crippen LogP contribution in [0.2, 0.25) is 0 Å². The maximum atomic E-state index is 5.79. The maximum absolute atomic E-state index is 5.79. The molecule has 3 aromatic rings. The molecule has 0 bridgehead atoms. The summed E-state index contributed by atoms with van der Waals surface area (Å²) in [6, 6.07) is 14.4. The van der Waals surface area contributed by atoms with Crippen LogP contribution in [0, 0.1) is 0 Å². The summed E-state index contributed by atoms with van der Waals surface area (Å²) in [5.41, 5.74) is 0.998. The number of fused-ring (bicyclic) bond motifs is 1. The highest BCUT2D eigenvalue weighted by molar-refractivity contribution is 9.09. The molecule has 21 heavy (non-hydrogen) atoms. The van der Waals surface area contributed by atoms with E-state index >= 15 is 0 Å². The van der Waals surface area contributed by atoms with Gasteiger partial charge in [0.1, 0.15) is 12.4 Å². The van der Waals surface area contributed by atoms with E-state index in [4.69, 9.17) is 4.74 Å². The van der Waals surface area contributed by atoms with Crippen molar-refractivity contribution in [3.8, 4) is 5.75 Å². The smallest absolute Gasteiger partial charge is 0.120 e. The molecule has 0 saturated carbocycles. The molecule has 1 heterocycles. The molecule has 0 aliphatic heterocycles. The standard InChI is InChI=1S/C16H16BrN3O/c17-8-7-15-12-20(19-18-15)9-10-21-16-6-5-13-3-1-2-4-14(13)11-16/h1-6,11-12H,7-10H2. The molecule has 1 aromatic heterocycles. The fourth-order valence-corrected chi connectivity index (χ4v) is 2.58. The van der Waals surface area contributed by atoms with Crippen molar-refractivity contribution in [2.45, 2.75) is 13.0 Å². The molecule has 0 aliphatic carbocycles. The number of aryl methyl sites for hydroxylation is 1. The van der Waals surface area contributed by atoms with E-state index in [1.807, 2.05) is 29.1 Å². The van der Waals surface area contributed by atoms with Crippen molar-refractivity contribution in [2.75, 3.05) is 11.9 Å². The summed E-state index contributed by atoms with van der Waals surface area (Å²) >= 11 is 3.40. The topological polar surface area (TPSA) is 39.9 Å². The van der Waals surface area contributed by atoms with E-state index in [2.05, 4.69) is 50.5 Å². The predicted molar refractivity (Wildman–Crippen MR) is 87.0 cm³/mol. The van der Waals surface area contributed by atoms with Crippen molar-refractivity contribution < 1.29 is 4.74 Å². The molecule has 0 N–H and O–H groups in total. The number of rotatable bonds is 6. The highest BCUT2D eigenvalue weighted by Gasteiger charge is 2.01. The van der Waals surface area contributed by atoms with Gasteiger partial charge in [0.05, 0.1) is 12.2 Å². The van der Waals surface area contributed by atoms with Gasteiger partial charge in [-0.3, -0.25) is 0 Å². The van der Waals surface area contributed by atoms with Gasteiger partial charge in [-0.25, -0.2) is 4.68 Å². The van der Waals surface area contributed by atoms with Gasteiger partial charge in [-0.05, 0) is 22.9 Å². The quantitative estimate of drug-likeness (QED) is 0.642. The molecule has 3 rings (SSSR count). The van der Waals surface area contributed by atoms with E-state index in [1.54, 1.807) is 0 Å². The van der Waals surface area contributed by atoms with Crippen LogP contribution < -0.4 is 4.74 Å². The number of hydrogen-bond acceptors (Lipinski definition) is 3. The second-order valence-corrected chi connectivity index (χ2v) is 5.56. The third kappa shape index (κ3) is 3.61. The highest BCUT2D eigenvalue weighted by atomic mass is 79.9. The zero-order valence-electron chi connectivity index (χ0n) is 11.6. The molecule has 0 fully saturated rings. The first-order valence-corrected chi connectivity index (χ1v) is 8.04. The van der Waals surface area contributed by atoms with Gasteiger partial charge in [0.2, 0.25) is 0 Å². The van der Waals surface area contributed by atoms with Crippen molar-refractivity contribution in [3.63, 3.8) is 0 Å². The summed E-state index contributed by atoms with van der Waals surface area (Å²) in [4.78, 5) is 0. The Morgan fingerprint density at radius 3 is 2.81 bits per heavy atom. The van der Waals surface area contributed by atoms with Crippen LogP contribution in [0.5, 0.6) is 5.75 Å². The predicted octanol–water partition coefficient (Wildman–Crippen LogP) is 3.45. The summed E-state index contributed by atoms with van der Waals surface area (Å²) in [6.07, 6.45) is 2.86. The van der Waals surface area contributed by atoms with E-state index in [-0.39, 0.29) is 0 Å². The van der Waals surface area contributed by atoms with E-state index in [0.29, 0.717) is 13.2 Å². The van der Waals surface area contributed by atoms with Crippen molar-refractivity contribution in [1.82, 2.24) is 15.0 Å². The normalized spacial score (nSPS) is 10.9. The first-order valence-electron chi connectivity index (χ1n) is 6.92. The summed E-state index contributed by atoms with van der Waals surface area (Å²) in [6.45, 7) is 1.28. The number of nitrogens with zero attached hydrogens (tertiary/aromatic N) is 3. The van der Waals surface area contributed by atoms with Gasteiger partial charge in [-0.1, -0.05) is 51.5 Å². The third-order valence-corrected chi connectivity index (χ3v) is 3.64. The van der Waals surface area contributed by atoms with Crippen LogP contribution in [0.4, 0.5) is 0 Å². The second-order valence-electron chi connectivity index (χ2n) is 4.77. The Labute approximate surface area is 131 Å². The van der Waals surface area contributed by atoms with Crippen LogP contribution in [0.25, 0.3) is 10.8 Å². The Hall–Kier alpha value is -1.88. The molecular weight excluding hydrogens is 330 g/mol. The lowest BCUT2D eigenvalue weighted by Crippen LogP contribution is -2.08. The summed E-state index contributed by atoms with van der Waals surface area (Å²) in [5.74, 6) is 0.884. The maximum Gasteiger partial charge on any atom is 0.120 e. The van der Waals surface area contributed by atoms with Crippen molar-refractivity contribution >= 4 is 26.7 Å². The first kappa shape index (κ1) is 14.1. The van der Waals surface area contributed by atoms with E-state index in [9.17, 15) is 0 Å². The number of alkyl halides is 1. The van der Waals surface area contributed by atoms with Crippen molar-refractivity contribution in [1.29, 1.82) is 0 Å². The summed E-state index contributed by atoms with van der Waals surface area (Å²) in [5, 5.41) is 11.5. The number of aromatic nitrogens is 3. The second kappa shape index (κ2) is 6.72. The largest absolute Gasteiger partial charge is 0.492 e. The molecule has 0 radical (unpaired) electrons.